The number of nitrogens with zero attached hydrogens (tertiary/aromatic N) is 1. The fourth-order valence-corrected chi connectivity index (χ4v) is 1.69. The van der Waals surface area contributed by atoms with E-state index >= 15 is 0 Å². The monoisotopic (exact) mass is 214 g/mol. The Morgan fingerprint density at radius 2 is 2.27 bits per heavy atom. The highest BCUT2D eigenvalue weighted by atomic mass is 16.4. The number of nitrogens with two attached hydrogens (primary N) is 1. The molecule has 0 aromatic rings. The molecule has 0 aliphatic carbocycles. The highest BCUT2D eigenvalue weighted by Crippen LogP contribution is 2.17. The zero-order valence-corrected chi connectivity index (χ0v) is 8.98. The Hall–Kier alpha value is -1.10. The fraction of sp³-hybridized carbons (Fsp3) is 0.800. The summed E-state index contributed by atoms with van der Waals surface area (Å²) in [6, 6.07) is -0.110. The molecule has 2 unspecified atom stereocenters. The van der Waals surface area contributed by atoms with Crippen molar-refractivity contribution in [3.05, 3.63) is 0 Å². The second-order valence-corrected chi connectivity index (χ2v) is 4.04. The topological polar surface area (TPSA) is 83.6 Å². The van der Waals surface area contributed by atoms with Crippen LogP contribution >= 0.6 is 0 Å². The molecule has 0 saturated carbocycles. The summed E-state index contributed by atoms with van der Waals surface area (Å²) in [5.41, 5.74) is 5.67. The first kappa shape index (κ1) is 12.0. The largest absolute Gasteiger partial charge is 0.481 e. The highest BCUT2D eigenvalue weighted by molar-refractivity contribution is 5.79. The molecular weight excluding hydrogens is 196 g/mol. The summed E-state index contributed by atoms with van der Waals surface area (Å²) in [5.74, 6) is -1.23. The first-order valence-electron chi connectivity index (χ1n) is 5.30. The van der Waals surface area contributed by atoms with Crippen LogP contribution in [-0.4, -0.2) is 41.0 Å². The molecule has 1 rings (SSSR count). The Kier molecular flexibility index (Phi) is 4.08. The van der Waals surface area contributed by atoms with Gasteiger partial charge in [0.15, 0.2) is 0 Å². The number of likely N-dealkylation sites (tertiary alicyclic amines) is 1. The SMILES string of the molecule is CCC(N)CC(=O)N1CCC(C(=O)O)C1. The van der Waals surface area contributed by atoms with Gasteiger partial charge in [0.1, 0.15) is 0 Å². The van der Waals surface area contributed by atoms with Crippen LogP contribution in [0.4, 0.5) is 0 Å². The van der Waals surface area contributed by atoms with Gasteiger partial charge in [-0.3, -0.25) is 9.59 Å². The average molecular weight is 214 g/mol. The van der Waals surface area contributed by atoms with Gasteiger partial charge >= 0.3 is 5.97 Å². The molecular formula is C10H18N2O3. The second-order valence-electron chi connectivity index (χ2n) is 4.04. The van der Waals surface area contributed by atoms with Crippen molar-refractivity contribution in [2.45, 2.75) is 32.2 Å². The number of carboxylic acids is 1. The molecule has 1 aliphatic rings. The van der Waals surface area contributed by atoms with E-state index < -0.39 is 11.9 Å². The number of carboxylic acid groups (broad SMARTS) is 1. The van der Waals surface area contributed by atoms with Gasteiger partial charge in [0.2, 0.25) is 5.91 Å². The molecule has 0 aromatic heterocycles. The number of rotatable bonds is 4. The maximum absolute atomic E-state index is 11.6. The molecule has 15 heavy (non-hydrogen) atoms. The predicted octanol–water partition coefficient (Wildman–Crippen LogP) is 0.0469. The van der Waals surface area contributed by atoms with Gasteiger partial charge < -0.3 is 15.7 Å². The summed E-state index contributed by atoms with van der Waals surface area (Å²) >= 11 is 0. The first-order chi connectivity index (χ1) is 7.04. The van der Waals surface area contributed by atoms with Gasteiger partial charge in [-0.05, 0) is 12.8 Å². The van der Waals surface area contributed by atoms with Crippen LogP contribution in [0.5, 0.6) is 0 Å². The van der Waals surface area contributed by atoms with E-state index in [4.69, 9.17) is 10.8 Å². The molecule has 0 radical (unpaired) electrons. The Labute approximate surface area is 89.2 Å². The number of carbonyl (C=O) groups is 2. The fourth-order valence-electron chi connectivity index (χ4n) is 1.69. The van der Waals surface area contributed by atoms with Crippen molar-refractivity contribution >= 4 is 11.9 Å². The van der Waals surface area contributed by atoms with Crippen molar-refractivity contribution in [2.24, 2.45) is 11.7 Å². The average Bonchev–Trinajstić information content (AvgIpc) is 2.66. The van der Waals surface area contributed by atoms with E-state index in [-0.39, 0.29) is 11.9 Å². The zero-order valence-electron chi connectivity index (χ0n) is 8.98. The minimum Gasteiger partial charge on any atom is -0.481 e. The van der Waals surface area contributed by atoms with Crippen molar-refractivity contribution in [1.29, 1.82) is 0 Å². The standard InChI is InChI=1S/C10H18N2O3/c1-2-8(11)5-9(13)12-4-3-7(6-12)10(14)15/h7-8H,2-6,11H2,1H3,(H,14,15). The third-order valence-electron chi connectivity index (χ3n) is 2.85. The Morgan fingerprint density at radius 1 is 1.60 bits per heavy atom. The molecule has 86 valence electrons. The normalized spacial score (nSPS) is 22.8. The quantitative estimate of drug-likeness (QED) is 0.692. The molecule has 1 aliphatic heterocycles. The van der Waals surface area contributed by atoms with E-state index in [2.05, 4.69) is 0 Å². The molecule has 0 bridgehead atoms. The number of hydrogen-bond acceptors (Lipinski definition) is 3. The minimum atomic E-state index is -0.815. The lowest BCUT2D eigenvalue weighted by Gasteiger charge is -2.17. The lowest BCUT2D eigenvalue weighted by molar-refractivity contribution is -0.141. The van der Waals surface area contributed by atoms with Gasteiger partial charge in [-0.15, -0.1) is 0 Å². The smallest absolute Gasteiger partial charge is 0.308 e. The first-order valence-corrected chi connectivity index (χ1v) is 5.30. The van der Waals surface area contributed by atoms with Crippen LogP contribution in [0.3, 0.4) is 0 Å². The number of amides is 1. The summed E-state index contributed by atoms with van der Waals surface area (Å²) in [5, 5.41) is 8.78. The summed E-state index contributed by atoms with van der Waals surface area (Å²) in [4.78, 5) is 23.9. The maximum atomic E-state index is 11.6. The molecule has 1 amide bonds. The molecule has 1 saturated heterocycles. The van der Waals surface area contributed by atoms with E-state index in [1.54, 1.807) is 4.90 Å². The van der Waals surface area contributed by atoms with Crippen molar-refractivity contribution < 1.29 is 14.7 Å². The molecule has 5 heteroatoms. The third kappa shape index (κ3) is 3.20. The van der Waals surface area contributed by atoms with Crippen LogP contribution < -0.4 is 5.73 Å². The molecule has 0 aromatic carbocycles. The molecule has 1 fully saturated rings. The van der Waals surface area contributed by atoms with E-state index in [1.807, 2.05) is 6.92 Å². The summed E-state index contributed by atoms with van der Waals surface area (Å²) in [7, 11) is 0. The van der Waals surface area contributed by atoms with Crippen LogP contribution in [-0.2, 0) is 9.59 Å². The minimum absolute atomic E-state index is 0.0203. The van der Waals surface area contributed by atoms with Crippen molar-refractivity contribution in [3.63, 3.8) is 0 Å². The van der Waals surface area contributed by atoms with E-state index in [0.29, 0.717) is 25.9 Å². The summed E-state index contributed by atoms with van der Waals surface area (Å²) in [6.07, 6.45) is 1.65. The zero-order chi connectivity index (χ0) is 11.4. The molecule has 1 heterocycles. The number of carbonyl (C=O) groups excluding carboxylic acids is 1. The van der Waals surface area contributed by atoms with Crippen LogP contribution in [0.2, 0.25) is 0 Å². The highest BCUT2D eigenvalue weighted by Gasteiger charge is 2.30. The van der Waals surface area contributed by atoms with Gasteiger partial charge in [0.05, 0.1) is 5.92 Å². The number of hydrogen-bond donors (Lipinski definition) is 2. The molecule has 2 atom stereocenters. The van der Waals surface area contributed by atoms with Crippen molar-refractivity contribution in [3.8, 4) is 0 Å². The number of aliphatic carboxylic acids is 1. The van der Waals surface area contributed by atoms with E-state index in [9.17, 15) is 9.59 Å². The van der Waals surface area contributed by atoms with Gasteiger partial charge in [0.25, 0.3) is 0 Å². The lowest BCUT2D eigenvalue weighted by atomic mass is 10.1. The Balaban J connectivity index is 2.40. The summed E-state index contributed by atoms with van der Waals surface area (Å²) < 4.78 is 0. The van der Waals surface area contributed by atoms with Gasteiger partial charge in [-0.2, -0.15) is 0 Å². The van der Waals surface area contributed by atoms with Crippen LogP contribution in [0.25, 0.3) is 0 Å². The van der Waals surface area contributed by atoms with E-state index in [1.165, 1.54) is 0 Å². The van der Waals surface area contributed by atoms with Crippen LogP contribution in [0, 0.1) is 5.92 Å². The third-order valence-corrected chi connectivity index (χ3v) is 2.85. The predicted molar refractivity (Wildman–Crippen MR) is 55.2 cm³/mol. The van der Waals surface area contributed by atoms with Crippen molar-refractivity contribution in [2.75, 3.05) is 13.1 Å². The van der Waals surface area contributed by atoms with E-state index in [0.717, 1.165) is 6.42 Å². The molecule has 5 nitrogen and oxygen atoms in total. The molecule has 3 N–H and O–H groups in total. The van der Waals surface area contributed by atoms with Crippen LogP contribution in [0.15, 0.2) is 0 Å². The van der Waals surface area contributed by atoms with Gasteiger partial charge in [-0.25, -0.2) is 0 Å². The lowest BCUT2D eigenvalue weighted by Crippen LogP contribution is -2.34. The van der Waals surface area contributed by atoms with Gasteiger partial charge in [-0.1, -0.05) is 6.92 Å². The van der Waals surface area contributed by atoms with Crippen LogP contribution in [0.1, 0.15) is 26.2 Å². The van der Waals surface area contributed by atoms with Gasteiger partial charge in [0, 0.05) is 25.6 Å². The summed E-state index contributed by atoms with van der Waals surface area (Å²) in [6.45, 7) is 2.82. The van der Waals surface area contributed by atoms with Crippen molar-refractivity contribution in [1.82, 2.24) is 4.90 Å². The maximum Gasteiger partial charge on any atom is 0.308 e. The molecule has 0 spiro atoms. The Morgan fingerprint density at radius 3 is 2.73 bits per heavy atom. The Bertz CT molecular complexity index is 255. The second kappa shape index (κ2) is 5.11.